The Bertz CT molecular complexity index is 418. The second kappa shape index (κ2) is 4.17. The van der Waals surface area contributed by atoms with Crippen molar-refractivity contribution >= 4 is 0 Å². The van der Waals surface area contributed by atoms with Gasteiger partial charge in [-0.3, -0.25) is 0 Å². The van der Waals surface area contributed by atoms with Gasteiger partial charge in [-0.15, -0.1) is 0 Å². The fourth-order valence-electron chi connectivity index (χ4n) is 2.62. The topological polar surface area (TPSA) is 12.0 Å². The van der Waals surface area contributed by atoms with Crippen LogP contribution in [0.5, 0.6) is 0 Å². The van der Waals surface area contributed by atoms with E-state index in [-0.39, 0.29) is 0 Å². The van der Waals surface area contributed by atoms with Crippen molar-refractivity contribution in [3.8, 4) is 0 Å². The zero-order valence-corrected chi connectivity index (χ0v) is 9.45. The second-order valence-electron chi connectivity index (χ2n) is 4.66. The van der Waals surface area contributed by atoms with E-state index in [9.17, 15) is 0 Å². The molecule has 1 aromatic rings. The average molecular weight is 211 g/mol. The third-order valence-electron chi connectivity index (χ3n) is 3.42. The molecule has 0 amide bonds. The Kier molecular flexibility index (Phi) is 2.53. The van der Waals surface area contributed by atoms with Crippen molar-refractivity contribution in [2.75, 3.05) is 0 Å². The number of nitrogens with one attached hydrogen (secondary N) is 1. The molecule has 0 spiro atoms. The Hall–Kier alpha value is -1.50. The summed E-state index contributed by atoms with van der Waals surface area (Å²) in [5, 5.41) is 3.64. The molecule has 0 atom stereocenters. The first-order valence-electron chi connectivity index (χ1n) is 6.12. The van der Waals surface area contributed by atoms with Gasteiger partial charge in [0, 0.05) is 11.7 Å². The van der Waals surface area contributed by atoms with E-state index in [4.69, 9.17) is 0 Å². The minimum Gasteiger partial charge on any atom is -0.382 e. The van der Waals surface area contributed by atoms with Crippen molar-refractivity contribution in [2.45, 2.75) is 31.7 Å². The highest BCUT2D eigenvalue weighted by atomic mass is 14.9. The number of hydrogen-bond acceptors (Lipinski definition) is 1. The predicted octanol–water partition coefficient (Wildman–Crippen LogP) is 2.98. The number of rotatable bonds is 2. The van der Waals surface area contributed by atoms with Crippen LogP contribution in [0.4, 0.5) is 0 Å². The van der Waals surface area contributed by atoms with Gasteiger partial charge in [0.05, 0.1) is 0 Å². The standard InChI is InChI=1S/C15H17N/c1-2-8-14(9-3-1)16-15-10-12-6-4-5-7-13(12)11-15/h2,4-9,15-16H,1,3,10-11H2. The summed E-state index contributed by atoms with van der Waals surface area (Å²) in [5.41, 5.74) is 4.34. The molecule has 1 heteroatoms. The lowest BCUT2D eigenvalue weighted by Gasteiger charge is -2.16. The summed E-state index contributed by atoms with van der Waals surface area (Å²) in [6, 6.07) is 9.37. The van der Waals surface area contributed by atoms with Gasteiger partial charge < -0.3 is 5.32 Å². The van der Waals surface area contributed by atoms with Gasteiger partial charge >= 0.3 is 0 Å². The Balaban J connectivity index is 1.68. The van der Waals surface area contributed by atoms with E-state index in [0.29, 0.717) is 6.04 Å². The molecule has 0 heterocycles. The molecule has 0 saturated carbocycles. The van der Waals surface area contributed by atoms with Gasteiger partial charge in [0.2, 0.25) is 0 Å². The molecule has 0 aromatic heterocycles. The maximum Gasteiger partial charge on any atom is 0.0342 e. The maximum absolute atomic E-state index is 3.64. The summed E-state index contributed by atoms with van der Waals surface area (Å²) >= 11 is 0. The molecule has 0 fully saturated rings. The third kappa shape index (κ3) is 1.90. The third-order valence-corrected chi connectivity index (χ3v) is 3.42. The van der Waals surface area contributed by atoms with Crippen LogP contribution in [-0.4, -0.2) is 6.04 Å². The lowest BCUT2D eigenvalue weighted by atomic mass is 10.1. The van der Waals surface area contributed by atoms with Gasteiger partial charge in [-0.1, -0.05) is 36.4 Å². The van der Waals surface area contributed by atoms with Crippen LogP contribution in [0.3, 0.4) is 0 Å². The Labute approximate surface area is 96.9 Å². The van der Waals surface area contributed by atoms with Gasteiger partial charge in [-0.25, -0.2) is 0 Å². The minimum absolute atomic E-state index is 0.589. The molecular weight excluding hydrogens is 194 g/mol. The van der Waals surface area contributed by atoms with E-state index in [1.165, 1.54) is 42.5 Å². The van der Waals surface area contributed by atoms with Crippen molar-refractivity contribution in [1.82, 2.24) is 5.32 Å². The van der Waals surface area contributed by atoms with Crippen molar-refractivity contribution in [3.05, 3.63) is 59.3 Å². The fraction of sp³-hybridized carbons (Fsp3) is 0.333. The fourth-order valence-corrected chi connectivity index (χ4v) is 2.62. The first kappa shape index (κ1) is 9.71. The van der Waals surface area contributed by atoms with Crippen molar-refractivity contribution < 1.29 is 0 Å². The molecule has 2 aliphatic carbocycles. The summed E-state index contributed by atoms with van der Waals surface area (Å²) < 4.78 is 0. The van der Waals surface area contributed by atoms with E-state index in [1.54, 1.807) is 0 Å². The van der Waals surface area contributed by atoms with E-state index in [2.05, 4.69) is 47.8 Å². The van der Waals surface area contributed by atoms with Crippen LogP contribution in [0.1, 0.15) is 24.0 Å². The summed E-state index contributed by atoms with van der Waals surface area (Å²) in [6.07, 6.45) is 11.5. The first-order chi connectivity index (χ1) is 7.92. The smallest absolute Gasteiger partial charge is 0.0342 e. The van der Waals surface area contributed by atoms with Crippen LogP contribution in [-0.2, 0) is 12.8 Å². The normalized spacial score (nSPS) is 19.4. The van der Waals surface area contributed by atoms with Gasteiger partial charge in [0.25, 0.3) is 0 Å². The van der Waals surface area contributed by atoms with Crippen molar-refractivity contribution in [2.24, 2.45) is 0 Å². The summed E-state index contributed by atoms with van der Waals surface area (Å²) in [4.78, 5) is 0. The van der Waals surface area contributed by atoms with E-state index >= 15 is 0 Å². The Morgan fingerprint density at radius 1 is 1.00 bits per heavy atom. The monoisotopic (exact) mass is 211 g/mol. The van der Waals surface area contributed by atoms with Crippen LogP contribution in [0.15, 0.2) is 48.2 Å². The van der Waals surface area contributed by atoms with Crippen molar-refractivity contribution in [3.63, 3.8) is 0 Å². The zero-order valence-electron chi connectivity index (χ0n) is 9.45. The highest BCUT2D eigenvalue weighted by molar-refractivity contribution is 5.34. The molecule has 0 radical (unpaired) electrons. The number of benzene rings is 1. The van der Waals surface area contributed by atoms with Gasteiger partial charge in [0.1, 0.15) is 0 Å². The number of fused-ring (bicyclic) bond motifs is 1. The summed E-state index contributed by atoms with van der Waals surface area (Å²) in [7, 11) is 0. The maximum atomic E-state index is 3.64. The van der Waals surface area contributed by atoms with Crippen LogP contribution in [0.2, 0.25) is 0 Å². The molecule has 1 nitrogen and oxygen atoms in total. The van der Waals surface area contributed by atoms with Crippen LogP contribution >= 0.6 is 0 Å². The molecule has 1 aromatic carbocycles. The van der Waals surface area contributed by atoms with Crippen LogP contribution in [0.25, 0.3) is 0 Å². The molecule has 2 aliphatic rings. The molecule has 0 bridgehead atoms. The Morgan fingerprint density at radius 3 is 2.38 bits per heavy atom. The summed E-state index contributed by atoms with van der Waals surface area (Å²) in [6.45, 7) is 0. The molecule has 0 saturated heterocycles. The molecular formula is C15H17N. The zero-order chi connectivity index (χ0) is 10.8. The minimum atomic E-state index is 0.589. The molecule has 0 unspecified atom stereocenters. The summed E-state index contributed by atoms with van der Waals surface area (Å²) in [5.74, 6) is 0. The number of hydrogen-bond donors (Lipinski definition) is 1. The quantitative estimate of drug-likeness (QED) is 0.793. The van der Waals surface area contributed by atoms with Gasteiger partial charge in [-0.05, 0) is 42.9 Å². The lowest BCUT2D eigenvalue weighted by molar-refractivity contribution is 0.600. The van der Waals surface area contributed by atoms with Crippen LogP contribution < -0.4 is 5.32 Å². The first-order valence-corrected chi connectivity index (χ1v) is 6.12. The Morgan fingerprint density at radius 2 is 1.75 bits per heavy atom. The molecule has 0 aliphatic heterocycles. The van der Waals surface area contributed by atoms with E-state index in [0.717, 1.165) is 0 Å². The molecule has 3 rings (SSSR count). The predicted molar refractivity (Wildman–Crippen MR) is 67.2 cm³/mol. The van der Waals surface area contributed by atoms with E-state index in [1.807, 2.05) is 0 Å². The van der Waals surface area contributed by atoms with Gasteiger partial charge in [-0.2, -0.15) is 0 Å². The SMILES string of the molecule is C1=CC(NC2Cc3ccccc3C2)=CCC1. The molecule has 1 N–H and O–H groups in total. The number of allylic oxidation sites excluding steroid dienone is 3. The van der Waals surface area contributed by atoms with Crippen molar-refractivity contribution in [1.29, 1.82) is 0 Å². The highest BCUT2D eigenvalue weighted by Crippen LogP contribution is 2.22. The second-order valence-corrected chi connectivity index (χ2v) is 4.66. The molecule has 16 heavy (non-hydrogen) atoms. The van der Waals surface area contributed by atoms with Crippen LogP contribution in [0, 0.1) is 0 Å². The van der Waals surface area contributed by atoms with Gasteiger partial charge in [0.15, 0.2) is 0 Å². The van der Waals surface area contributed by atoms with E-state index < -0.39 is 0 Å². The highest BCUT2D eigenvalue weighted by Gasteiger charge is 2.20. The largest absolute Gasteiger partial charge is 0.382 e. The lowest BCUT2D eigenvalue weighted by Crippen LogP contribution is -2.28. The average Bonchev–Trinajstić information content (AvgIpc) is 2.72. The molecule has 82 valence electrons.